The van der Waals surface area contributed by atoms with Gasteiger partial charge in [-0.25, -0.2) is 0 Å². The van der Waals surface area contributed by atoms with Crippen molar-refractivity contribution in [2.45, 2.75) is 20.8 Å². The molecule has 1 aromatic rings. The van der Waals surface area contributed by atoms with Crippen LogP contribution in [-0.2, 0) is 0 Å². The number of nitrogens with one attached hydrogen (secondary N) is 2. The molecule has 1 rings (SSSR count). The Morgan fingerprint density at radius 2 is 2.00 bits per heavy atom. The standard InChI is InChI=1S/C14H23N3OS/c1-4-17(5-2)12-6-7-13(11(3)10-12)16-14(19)15-8-9-18/h6-7,10,18H,4-5,8-9H2,1-3H3,(H2,15,16,19). The number of aliphatic hydroxyl groups excluding tert-OH is 1. The number of rotatable bonds is 6. The van der Waals surface area contributed by atoms with Crippen LogP contribution < -0.4 is 15.5 Å². The van der Waals surface area contributed by atoms with Crippen molar-refractivity contribution in [3.8, 4) is 0 Å². The first-order valence-electron chi connectivity index (χ1n) is 6.63. The molecular weight excluding hydrogens is 258 g/mol. The van der Waals surface area contributed by atoms with Crippen LogP contribution in [0, 0.1) is 6.92 Å². The van der Waals surface area contributed by atoms with Gasteiger partial charge in [0.15, 0.2) is 5.11 Å². The van der Waals surface area contributed by atoms with Crippen molar-refractivity contribution in [3.05, 3.63) is 23.8 Å². The van der Waals surface area contributed by atoms with Crippen LogP contribution in [0.5, 0.6) is 0 Å². The van der Waals surface area contributed by atoms with Crippen molar-refractivity contribution in [2.24, 2.45) is 0 Å². The lowest BCUT2D eigenvalue weighted by Gasteiger charge is -2.22. The van der Waals surface area contributed by atoms with E-state index in [2.05, 4.69) is 48.4 Å². The van der Waals surface area contributed by atoms with Gasteiger partial charge in [-0.1, -0.05) is 0 Å². The highest BCUT2D eigenvalue weighted by molar-refractivity contribution is 7.80. The minimum atomic E-state index is 0.0711. The van der Waals surface area contributed by atoms with E-state index in [0.717, 1.165) is 24.3 Å². The largest absolute Gasteiger partial charge is 0.395 e. The smallest absolute Gasteiger partial charge is 0.170 e. The van der Waals surface area contributed by atoms with Crippen LogP contribution in [-0.4, -0.2) is 36.5 Å². The quantitative estimate of drug-likeness (QED) is 0.697. The number of hydrogen-bond donors (Lipinski definition) is 3. The SMILES string of the molecule is CCN(CC)c1ccc(NC(=S)NCCO)c(C)c1. The summed E-state index contributed by atoms with van der Waals surface area (Å²) in [5.74, 6) is 0. The second kappa shape index (κ2) is 7.96. The van der Waals surface area contributed by atoms with Crippen LogP contribution in [0.25, 0.3) is 0 Å². The van der Waals surface area contributed by atoms with E-state index in [1.54, 1.807) is 0 Å². The molecule has 0 aliphatic heterocycles. The summed E-state index contributed by atoms with van der Waals surface area (Å²) in [6.07, 6.45) is 0. The Morgan fingerprint density at radius 1 is 1.32 bits per heavy atom. The molecule has 0 unspecified atom stereocenters. The molecule has 5 heteroatoms. The molecule has 0 spiro atoms. The fourth-order valence-corrected chi connectivity index (χ4v) is 2.12. The summed E-state index contributed by atoms with van der Waals surface area (Å²) in [5.41, 5.74) is 3.37. The Hall–Kier alpha value is -1.33. The zero-order valence-electron chi connectivity index (χ0n) is 11.9. The van der Waals surface area contributed by atoms with Crippen LogP contribution in [0.2, 0.25) is 0 Å². The van der Waals surface area contributed by atoms with Gasteiger partial charge in [-0.2, -0.15) is 0 Å². The van der Waals surface area contributed by atoms with Gasteiger partial charge in [-0.15, -0.1) is 0 Å². The van der Waals surface area contributed by atoms with Crippen LogP contribution in [0.4, 0.5) is 11.4 Å². The number of aliphatic hydroxyl groups is 1. The first-order valence-corrected chi connectivity index (χ1v) is 7.04. The third-order valence-electron chi connectivity index (χ3n) is 2.98. The molecule has 4 nitrogen and oxygen atoms in total. The summed E-state index contributed by atoms with van der Waals surface area (Å²) >= 11 is 5.15. The molecule has 0 atom stereocenters. The Morgan fingerprint density at radius 3 is 2.53 bits per heavy atom. The van der Waals surface area contributed by atoms with Gasteiger partial charge in [-0.05, 0) is 56.8 Å². The molecular formula is C14H23N3OS. The summed E-state index contributed by atoms with van der Waals surface area (Å²) in [4.78, 5) is 2.30. The molecule has 0 fully saturated rings. The molecule has 0 saturated carbocycles. The first kappa shape index (κ1) is 15.7. The summed E-state index contributed by atoms with van der Waals surface area (Å²) in [6, 6.07) is 6.29. The highest BCUT2D eigenvalue weighted by Gasteiger charge is 2.05. The summed E-state index contributed by atoms with van der Waals surface area (Å²) < 4.78 is 0. The van der Waals surface area contributed by atoms with Gasteiger partial charge in [0.25, 0.3) is 0 Å². The van der Waals surface area contributed by atoms with Crippen LogP contribution >= 0.6 is 12.2 Å². The number of benzene rings is 1. The van der Waals surface area contributed by atoms with E-state index in [0.29, 0.717) is 11.7 Å². The predicted molar refractivity (Wildman–Crippen MR) is 86.0 cm³/mol. The zero-order chi connectivity index (χ0) is 14.3. The van der Waals surface area contributed by atoms with Gasteiger partial charge < -0.3 is 20.6 Å². The molecule has 0 bridgehead atoms. The molecule has 106 valence electrons. The monoisotopic (exact) mass is 281 g/mol. The third-order valence-corrected chi connectivity index (χ3v) is 3.23. The van der Waals surface area contributed by atoms with Crippen molar-refractivity contribution in [2.75, 3.05) is 36.5 Å². The summed E-state index contributed by atoms with van der Waals surface area (Å²) in [7, 11) is 0. The van der Waals surface area contributed by atoms with E-state index in [4.69, 9.17) is 17.3 Å². The second-order valence-electron chi connectivity index (χ2n) is 4.28. The van der Waals surface area contributed by atoms with E-state index < -0.39 is 0 Å². The maximum atomic E-state index is 8.73. The first-order chi connectivity index (χ1) is 9.12. The van der Waals surface area contributed by atoms with Crippen molar-refractivity contribution in [1.82, 2.24) is 5.32 Å². The van der Waals surface area contributed by atoms with Crippen molar-refractivity contribution >= 4 is 28.7 Å². The fourth-order valence-electron chi connectivity index (χ4n) is 1.91. The number of hydrogen-bond acceptors (Lipinski definition) is 3. The Kier molecular flexibility index (Phi) is 6.59. The van der Waals surface area contributed by atoms with E-state index in [-0.39, 0.29) is 6.61 Å². The van der Waals surface area contributed by atoms with Gasteiger partial charge in [0, 0.05) is 31.0 Å². The second-order valence-corrected chi connectivity index (χ2v) is 4.68. The Labute approximate surface area is 120 Å². The van der Waals surface area contributed by atoms with E-state index in [1.807, 2.05) is 6.07 Å². The van der Waals surface area contributed by atoms with Gasteiger partial charge in [0.2, 0.25) is 0 Å². The lowest BCUT2D eigenvalue weighted by atomic mass is 10.1. The molecule has 0 aromatic heterocycles. The molecule has 0 aliphatic carbocycles. The van der Waals surface area contributed by atoms with Crippen LogP contribution in [0.3, 0.4) is 0 Å². The fraction of sp³-hybridized carbons (Fsp3) is 0.500. The topological polar surface area (TPSA) is 47.5 Å². The average Bonchev–Trinajstić information content (AvgIpc) is 2.41. The minimum absolute atomic E-state index is 0.0711. The maximum absolute atomic E-state index is 8.73. The lowest BCUT2D eigenvalue weighted by Crippen LogP contribution is -2.31. The molecule has 0 radical (unpaired) electrons. The number of nitrogens with zero attached hydrogens (tertiary/aromatic N) is 1. The van der Waals surface area contributed by atoms with Gasteiger partial charge in [0.05, 0.1) is 6.61 Å². The predicted octanol–water partition coefficient (Wildman–Crippen LogP) is 2.12. The third kappa shape index (κ3) is 4.69. The minimum Gasteiger partial charge on any atom is -0.395 e. The van der Waals surface area contributed by atoms with E-state index in [1.165, 1.54) is 5.69 Å². The molecule has 3 N–H and O–H groups in total. The van der Waals surface area contributed by atoms with Gasteiger partial charge >= 0.3 is 0 Å². The molecule has 1 aromatic carbocycles. The molecule has 0 aliphatic rings. The highest BCUT2D eigenvalue weighted by atomic mass is 32.1. The maximum Gasteiger partial charge on any atom is 0.170 e. The zero-order valence-corrected chi connectivity index (χ0v) is 12.7. The Balaban J connectivity index is 2.74. The Bertz CT molecular complexity index is 419. The summed E-state index contributed by atoms with van der Waals surface area (Å²) in [6.45, 7) is 8.89. The van der Waals surface area contributed by atoms with E-state index in [9.17, 15) is 0 Å². The van der Waals surface area contributed by atoms with Crippen LogP contribution in [0.1, 0.15) is 19.4 Å². The molecule has 0 heterocycles. The highest BCUT2D eigenvalue weighted by Crippen LogP contribution is 2.22. The number of anilines is 2. The van der Waals surface area contributed by atoms with Crippen LogP contribution in [0.15, 0.2) is 18.2 Å². The molecule has 0 amide bonds. The van der Waals surface area contributed by atoms with E-state index >= 15 is 0 Å². The normalized spacial score (nSPS) is 10.1. The van der Waals surface area contributed by atoms with Gasteiger partial charge in [-0.3, -0.25) is 0 Å². The molecule has 19 heavy (non-hydrogen) atoms. The lowest BCUT2D eigenvalue weighted by molar-refractivity contribution is 0.301. The van der Waals surface area contributed by atoms with Crippen molar-refractivity contribution in [1.29, 1.82) is 0 Å². The van der Waals surface area contributed by atoms with Crippen molar-refractivity contribution < 1.29 is 5.11 Å². The number of thiocarbonyl (C=S) groups is 1. The average molecular weight is 281 g/mol. The van der Waals surface area contributed by atoms with Gasteiger partial charge in [0.1, 0.15) is 0 Å². The summed E-state index contributed by atoms with van der Waals surface area (Å²) in [5, 5.41) is 15.3. The van der Waals surface area contributed by atoms with Crippen molar-refractivity contribution in [3.63, 3.8) is 0 Å². The molecule has 0 saturated heterocycles. The number of aryl methyl sites for hydroxylation is 1.